The summed E-state index contributed by atoms with van der Waals surface area (Å²) in [6.07, 6.45) is 2.08. The van der Waals surface area contributed by atoms with E-state index < -0.39 is 0 Å². The zero-order valence-corrected chi connectivity index (χ0v) is 14.6. The average Bonchev–Trinajstić information content (AvgIpc) is 3.19. The topological polar surface area (TPSA) is 42.5 Å². The number of aromatic nitrogens is 3. The first-order valence-corrected chi connectivity index (χ1v) is 8.15. The third-order valence-corrected chi connectivity index (χ3v) is 4.46. The molecule has 1 N–H and O–H groups in total. The molecule has 5 aromatic rings. The molecule has 0 saturated heterocycles. The highest BCUT2D eigenvalue weighted by Gasteiger charge is 2.18. The summed E-state index contributed by atoms with van der Waals surface area (Å²) in [5.74, 6) is 1.01. The van der Waals surface area contributed by atoms with Gasteiger partial charge in [0.15, 0.2) is 0 Å². The van der Waals surface area contributed by atoms with E-state index in [2.05, 4.69) is 28.8 Å². The van der Waals surface area contributed by atoms with Crippen molar-refractivity contribution < 1.29 is 5.11 Å². The van der Waals surface area contributed by atoms with Crippen LogP contribution in [0.2, 0.25) is 0 Å². The second-order valence-corrected chi connectivity index (χ2v) is 5.98. The number of halogens is 1. The highest BCUT2D eigenvalue weighted by atomic mass is 35.5. The fourth-order valence-corrected chi connectivity index (χ4v) is 3.31. The van der Waals surface area contributed by atoms with E-state index >= 15 is 0 Å². The molecule has 5 rings (SSSR count). The van der Waals surface area contributed by atoms with Crippen LogP contribution >= 0.6 is 12.4 Å². The number of fused-ring (bicyclic) bond motifs is 3. The summed E-state index contributed by atoms with van der Waals surface area (Å²) in [7, 11) is 0. The van der Waals surface area contributed by atoms with Crippen LogP contribution in [0, 0.1) is 0 Å². The van der Waals surface area contributed by atoms with Crippen LogP contribution in [0.15, 0.2) is 85.1 Å². The predicted molar refractivity (Wildman–Crippen MR) is 106 cm³/mol. The summed E-state index contributed by atoms with van der Waals surface area (Å²) in [5.41, 5.74) is 4.74. The average molecular weight is 362 g/mol. The van der Waals surface area contributed by atoms with Crippen LogP contribution in [-0.4, -0.2) is 19.1 Å². The second-order valence-electron chi connectivity index (χ2n) is 5.98. The van der Waals surface area contributed by atoms with Gasteiger partial charge in [0.2, 0.25) is 5.78 Å². The van der Waals surface area contributed by atoms with Crippen molar-refractivity contribution >= 4 is 29.2 Å². The Kier molecular flexibility index (Phi) is 3.90. The fraction of sp³-hybridized carbons (Fsp3) is 0. The summed E-state index contributed by atoms with van der Waals surface area (Å²) < 4.78 is 4.08. The Hall–Kier alpha value is -3.24. The lowest BCUT2D eigenvalue weighted by Gasteiger charge is -2.10. The smallest absolute Gasteiger partial charge is 0.220 e. The number of phenols is 1. The zero-order chi connectivity index (χ0) is 16.8. The van der Waals surface area contributed by atoms with Crippen molar-refractivity contribution in [2.24, 2.45) is 0 Å². The van der Waals surface area contributed by atoms with Crippen molar-refractivity contribution in [2.75, 3.05) is 0 Å². The molecule has 0 atom stereocenters. The molecule has 26 heavy (non-hydrogen) atoms. The van der Waals surface area contributed by atoms with Gasteiger partial charge in [-0.15, -0.1) is 12.4 Å². The maximum absolute atomic E-state index is 10.4. The Labute approximate surface area is 156 Å². The van der Waals surface area contributed by atoms with Gasteiger partial charge in [-0.3, -0.25) is 8.97 Å². The monoisotopic (exact) mass is 361 g/mol. The maximum atomic E-state index is 10.4. The van der Waals surface area contributed by atoms with Crippen molar-refractivity contribution in [3.8, 4) is 22.7 Å². The minimum atomic E-state index is 0. The lowest BCUT2D eigenvalue weighted by atomic mass is 10.1. The van der Waals surface area contributed by atoms with Gasteiger partial charge in [0.25, 0.3) is 0 Å². The number of nitrogens with zero attached hydrogens (tertiary/aromatic N) is 3. The molecule has 0 aliphatic rings. The van der Waals surface area contributed by atoms with Gasteiger partial charge >= 0.3 is 0 Å². The summed E-state index contributed by atoms with van der Waals surface area (Å²) in [6, 6.07) is 25.5. The zero-order valence-electron chi connectivity index (χ0n) is 13.8. The molecule has 0 unspecified atom stereocenters. The molecule has 0 aliphatic carbocycles. The van der Waals surface area contributed by atoms with Crippen LogP contribution < -0.4 is 0 Å². The minimum absolute atomic E-state index is 0. The van der Waals surface area contributed by atoms with E-state index in [4.69, 9.17) is 4.98 Å². The number of rotatable bonds is 2. The molecule has 4 nitrogen and oxygen atoms in total. The third kappa shape index (κ3) is 2.35. The predicted octanol–water partition coefficient (Wildman–Crippen LogP) is 5.07. The molecular weight excluding hydrogens is 346 g/mol. The van der Waals surface area contributed by atoms with Crippen LogP contribution in [0.4, 0.5) is 0 Å². The lowest BCUT2D eigenvalue weighted by Crippen LogP contribution is -1.98. The number of hydrogen-bond donors (Lipinski definition) is 1. The van der Waals surface area contributed by atoms with E-state index in [0.29, 0.717) is 5.69 Å². The van der Waals surface area contributed by atoms with Crippen LogP contribution in [0.25, 0.3) is 33.8 Å². The van der Waals surface area contributed by atoms with Crippen LogP contribution in [0.3, 0.4) is 0 Å². The Bertz CT molecular complexity index is 1210. The normalized spacial score (nSPS) is 10.9. The molecule has 3 aromatic carbocycles. The van der Waals surface area contributed by atoms with Crippen LogP contribution in [0.1, 0.15) is 0 Å². The van der Waals surface area contributed by atoms with Gasteiger partial charge < -0.3 is 5.11 Å². The van der Waals surface area contributed by atoms with Crippen LogP contribution in [-0.2, 0) is 0 Å². The lowest BCUT2D eigenvalue weighted by molar-refractivity contribution is 0.473. The van der Waals surface area contributed by atoms with Crippen molar-refractivity contribution in [2.45, 2.75) is 0 Å². The Morgan fingerprint density at radius 1 is 0.769 bits per heavy atom. The Morgan fingerprint density at radius 2 is 1.46 bits per heavy atom. The summed E-state index contributed by atoms with van der Waals surface area (Å²) in [4.78, 5) is 4.79. The van der Waals surface area contributed by atoms with Gasteiger partial charge in [0.05, 0.1) is 22.4 Å². The molecule has 5 heteroatoms. The molecule has 2 heterocycles. The third-order valence-electron chi connectivity index (χ3n) is 4.46. The number of phenolic OH excluding ortho intramolecular Hbond substituents is 1. The first-order chi connectivity index (χ1) is 12.3. The van der Waals surface area contributed by atoms with Gasteiger partial charge in [-0.1, -0.05) is 54.6 Å². The van der Waals surface area contributed by atoms with Gasteiger partial charge in [-0.2, -0.15) is 0 Å². The Balaban J connectivity index is 0.00000168. The largest absolute Gasteiger partial charge is 0.506 e. The standard InChI is InChI=1S/C21H15N3O.ClH/c25-20-13-7-6-12-18(20)24-19(15-8-2-1-3-9-15)14-23-17-11-5-4-10-16(17)22-21(23)24;/h1-14,25H;1H. The van der Waals surface area contributed by atoms with E-state index in [1.807, 2.05) is 59.2 Å². The quantitative estimate of drug-likeness (QED) is 0.477. The second kappa shape index (κ2) is 6.24. The van der Waals surface area contributed by atoms with E-state index in [1.54, 1.807) is 6.07 Å². The first kappa shape index (κ1) is 16.2. The SMILES string of the molecule is Cl.Oc1ccccc1-n1c(-c2ccccc2)cn2c3ccccc3nc12. The minimum Gasteiger partial charge on any atom is -0.506 e. The van der Waals surface area contributed by atoms with E-state index in [0.717, 1.165) is 28.1 Å². The van der Waals surface area contributed by atoms with Gasteiger partial charge in [-0.25, -0.2) is 4.98 Å². The summed E-state index contributed by atoms with van der Waals surface area (Å²) in [6.45, 7) is 0. The van der Waals surface area contributed by atoms with Crippen molar-refractivity contribution in [3.63, 3.8) is 0 Å². The number of para-hydroxylation sites is 4. The van der Waals surface area contributed by atoms with Gasteiger partial charge in [0, 0.05) is 11.8 Å². The van der Waals surface area contributed by atoms with E-state index in [9.17, 15) is 5.11 Å². The Morgan fingerprint density at radius 3 is 2.27 bits per heavy atom. The molecule has 2 aromatic heterocycles. The van der Waals surface area contributed by atoms with E-state index in [1.165, 1.54) is 0 Å². The maximum Gasteiger partial charge on any atom is 0.220 e. The highest BCUT2D eigenvalue weighted by molar-refractivity contribution is 5.85. The highest BCUT2D eigenvalue weighted by Crippen LogP contribution is 2.32. The van der Waals surface area contributed by atoms with Crippen molar-refractivity contribution in [1.82, 2.24) is 14.0 Å². The van der Waals surface area contributed by atoms with Crippen molar-refractivity contribution in [1.29, 1.82) is 0 Å². The molecule has 0 fully saturated rings. The number of imidazole rings is 2. The summed E-state index contributed by atoms with van der Waals surface area (Å²) in [5, 5.41) is 10.4. The molecule has 128 valence electrons. The molecule has 0 saturated carbocycles. The molecular formula is C21H16ClN3O. The first-order valence-electron chi connectivity index (χ1n) is 8.15. The summed E-state index contributed by atoms with van der Waals surface area (Å²) >= 11 is 0. The van der Waals surface area contributed by atoms with E-state index in [-0.39, 0.29) is 18.2 Å². The van der Waals surface area contributed by atoms with Gasteiger partial charge in [-0.05, 0) is 24.3 Å². The van der Waals surface area contributed by atoms with Crippen LogP contribution in [0.5, 0.6) is 5.75 Å². The molecule has 0 spiro atoms. The molecule has 0 aliphatic heterocycles. The molecule has 0 bridgehead atoms. The van der Waals surface area contributed by atoms with Crippen molar-refractivity contribution in [3.05, 3.63) is 85.1 Å². The number of aromatic hydroxyl groups is 1. The molecule has 0 radical (unpaired) electrons. The fourth-order valence-electron chi connectivity index (χ4n) is 3.31. The molecule has 0 amide bonds. The number of benzene rings is 3. The number of hydrogen-bond acceptors (Lipinski definition) is 2. The van der Waals surface area contributed by atoms with Gasteiger partial charge in [0.1, 0.15) is 5.75 Å².